The third kappa shape index (κ3) is 3.62. The van der Waals surface area contributed by atoms with Gasteiger partial charge in [-0.15, -0.1) is 10.2 Å². The van der Waals surface area contributed by atoms with Gasteiger partial charge in [0.1, 0.15) is 18.7 Å². The first-order chi connectivity index (χ1) is 17.5. The smallest absolute Gasteiger partial charge is 0.299 e. The van der Waals surface area contributed by atoms with E-state index >= 15 is 0 Å². The van der Waals surface area contributed by atoms with E-state index in [1.165, 1.54) is 6.20 Å². The molecule has 0 saturated heterocycles. The molecule has 180 valence electrons. The molecule has 6 rings (SSSR count). The number of halogens is 1. The number of nitrogens with one attached hydrogen (secondary N) is 1. The van der Waals surface area contributed by atoms with Gasteiger partial charge in [-0.2, -0.15) is 5.10 Å². The van der Waals surface area contributed by atoms with Crippen molar-refractivity contribution in [2.45, 2.75) is 13.3 Å². The summed E-state index contributed by atoms with van der Waals surface area (Å²) < 4.78 is 13.7. The van der Waals surface area contributed by atoms with Crippen LogP contribution in [0, 0.1) is 0 Å². The summed E-state index contributed by atoms with van der Waals surface area (Å²) in [6.07, 6.45) is 2.11. The van der Waals surface area contributed by atoms with Crippen LogP contribution in [0.5, 0.6) is 11.5 Å². The molecule has 0 unspecified atom stereocenters. The largest absolute Gasteiger partial charge is 0.486 e. The first-order valence-corrected chi connectivity index (χ1v) is 11.7. The number of benzene rings is 2. The Balaban J connectivity index is 1.40. The second kappa shape index (κ2) is 8.65. The lowest BCUT2D eigenvalue weighted by atomic mass is 10.0. The minimum Gasteiger partial charge on any atom is -0.486 e. The molecule has 4 heterocycles. The fourth-order valence-corrected chi connectivity index (χ4v) is 4.42. The maximum Gasteiger partial charge on any atom is 0.299 e. The van der Waals surface area contributed by atoms with Gasteiger partial charge in [0, 0.05) is 16.8 Å². The van der Waals surface area contributed by atoms with Gasteiger partial charge in [-0.05, 0) is 48.4 Å². The topological polar surface area (TPSA) is 113 Å². The van der Waals surface area contributed by atoms with Crippen molar-refractivity contribution in [1.29, 1.82) is 0 Å². The average molecular weight is 503 g/mol. The SMILES string of the molecule is CCc1nn2c(nnc3c(=O)n(NC(=O)c4ccc5c(c4)OCCO5)ccc32)c1-c1cccc(Cl)c1. The average Bonchev–Trinajstić information content (AvgIpc) is 3.29. The summed E-state index contributed by atoms with van der Waals surface area (Å²) in [5.74, 6) is 0.565. The van der Waals surface area contributed by atoms with Crippen LogP contribution in [0.2, 0.25) is 5.02 Å². The van der Waals surface area contributed by atoms with Crippen LogP contribution in [0.25, 0.3) is 27.8 Å². The number of ether oxygens (including phenoxy) is 2. The second-order valence-corrected chi connectivity index (χ2v) is 8.58. The highest BCUT2D eigenvalue weighted by Gasteiger charge is 2.20. The van der Waals surface area contributed by atoms with Gasteiger partial charge in [0.2, 0.25) is 0 Å². The lowest BCUT2D eigenvalue weighted by Crippen LogP contribution is -2.33. The van der Waals surface area contributed by atoms with Crippen molar-refractivity contribution in [2.24, 2.45) is 0 Å². The molecule has 36 heavy (non-hydrogen) atoms. The maximum atomic E-state index is 13.2. The number of fused-ring (bicyclic) bond motifs is 4. The van der Waals surface area contributed by atoms with Crippen LogP contribution in [0.1, 0.15) is 23.0 Å². The molecule has 1 aliphatic rings. The van der Waals surface area contributed by atoms with E-state index in [9.17, 15) is 9.59 Å². The van der Waals surface area contributed by atoms with Crippen molar-refractivity contribution >= 4 is 34.2 Å². The molecule has 0 bridgehead atoms. The lowest BCUT2D eigenvalue weighted by Gasteiger charge is -2.18. The van der Waals surface area contributed by atoms with Gasteiger partial charge >= 0.3 is 0 Å². The molecule has 1 N–H and O–H groups in total. The predicted molar refractivity (Wildman–Crippen MR) is 133 cm³/mol. The van der Waals surface area contributed by atoms with E-state index in [-0.39, 0.29) is 5.52 Å². The predicted octanol–water partition coefficient (Wildman–Crippen LogP) is 3.48. The molecule has 1 aliphatic heterocycles. The third-order valence-electron chi connectivity index (χ3n) is 5.93. The van der Waals surface area contributed by atoms with Gasteiger partial charge < -0.3 is 9.47 Å². The normalized spacial score (nSPS) is 12.7. The molecule has 0 saturated carbocycles. The maximum absolute atomic E-state index is 13.2. The van der Waals surface area contributed by atoms with Gasteiger partial charge in [0.25, 0.3) is 11.5 Å². The van der Waals surface area contributed by atoms with Crippen LogP contribution in [0.15, 0.2) is 59.5 Å². The van der Waals surface area contributed by atoms with E-state index in [4.69, 9.17) is 26.2 Å². The van der Waals surface area contributed by atoms with E-state index < -0.39 is 11.5 Å². The molecule has 2 aromatic carbocycles. The minimum atomic E-state index is -0.536. The number of pyridine rings is 1. The number of carbonyl (C=O) groups is 1. The molecule has 11 heteroatoms. The highest BCUT2D eigenvalue weighted by atomic mass is 35.5. The van der Waals surface area contributed by atoms with E-state index in [0.29, 0.717) is 52.9 Å². The number of hydrogen-bond acceptors (Lipinski definition) is 7. The number of rotatable bonds is 4. The third-order valence-corrected chi connectivity index (χ3v) is 6.16. The van der Waals surface area contributed by atoms with E-state index in [1.807, 2.05) is 25.1 Å². The van der Waals surface area contributed by atoms with Crippen molar-refractivity contribution in [2.75, 3.05) is 18.6 Å². The van der Waals surface area contributed by atoms with Crippen molar-refractivity contribution in [1.82, 2.24) is 24.5 Å². The number of nitrogens with zero attached hydrogens (tertiary/aromatic N) is 5. The standard InChI is InChI=1S/C25H19ClN6O4/c1-2-17-21(14-4-3-5-16(26)12-14)23-28-27-22-18(32(23)29-17)8-9-31(25(22)34)30-24(33)15-6-7-19-20(13-15)36-11-10-35-19/h3-9,12-13H,2,10-11H2,1H3,(H,30,33). The van der Waals surface area contributed by atoms with Crippen LogP contribution >= 0.6 is 11.6 Å². The Hall–Kier alpha value is -4.44. The first-order valence-electron chi connectivity index (χ1n) is 11.3. The van der Waals surface area contributed by atoms with Crippen LogP contribution in [-0.4, -0.2) is 43.6 Å². The molecular formula is C25H19ClN6O4. The molecule has 0 fully saturated rings. The van der Waals surface area contributed by atoms with Crippen LogP contribution in [0.4, 0.5) is 0 Å². The summed E-state index contributed by atoms with van der Waals surface area (Å²) in [6, 6.07) is 13.9. The number of aromatic nitrogens is 5. The fourth-order valence-electron chi connectivity index (χ4n) is 4.22. The second-order valence-electron chi connectivity index (χ2n) is 8.15. The van der Waals surface area contributed by atoms with E-state index in [1.54, 1.807) is 34.8 Å². The number of carbonyl (C=O) groups excluding carboxylic acids is 1. The molecule has 1 amide bonds. The first kappa shape index (κ1) is 22.1. The summed E-state index contributed by atoms with van der Waals surface area (Å²) in [5, 5.41) is 13.8. The van der Waals surface area contributed by atoms with Crippen LogP contribution in [-0.2, 0) is 6.42 Å². The monoisotopic (exact) mass is 502 g/mol. The minimum absolute atomic E-state index is 0.0651. The molecule has 0 atom stereocenters. The highest BCUT2D eigenvalue weighted by Crippen LogP contribution is 2.31. The zero-order valence-corrected chi connectivity index (χ0v) is 19.8. The summed E-state index contributed by atoms with van der Waals surface area (Å²) in [7, 11) is 0. The Morgan fingerprint density at radius 3 is 2.72 bits per heavy atom. The summed E-state index contributed by atoms with van der Waals surface area (Å²) in [4.78, 5) is 26.0. The Kier molecular flexibility index (Phi) is 5.30. The van der Waals surface area contributed by atoms with Crippen molar-refractivity contribution < 1.29 is 14.3 Å². The van der Waals surface area contributed by atoms with E-state index in [0.717, 1.165) is 21.5 Å². The molecule has 0 spiro atoms. The summed E-state index contributed by atoms with van der Waals surface area (Å²) in [6.45, 7) is 2.85. The molecular weight excluding hydrogens is 484 g/mol. The molecule has 3 aromatic heterocycles. The van der Waals surface area contributed by atoms with Gasteiger partial charge in [0.05, 0.1) is 11.3 Å². The van der Waals surface area contributed by atoms with E-state index in [2.05, 4.69) is 15.6 Å². The lowest BCUT2D eigenvalue weighted by molar-refractivity contribution is 0.101. The van der Waals surface area contributed by atoms with Crippen molar-refractivity contribution in [3.63, 3.8) is 0 Å². The Bertz CT molecular complexity index is 1730. The molecule has 10 nitrogen and oxygen atoms in total. The molecule has 0 aliphatic carbocycles. The zero-order chi connectivity index (χ0) is 24.8. The van der Waals surface area contributed by atoms with Gasteiger partial charge in [0.15, 0.2) is 22.7 Å². The van der Waals surface area contributed by atoms with Gasteiger partial charge in [-0.1, -0.05) is 30.7 Å². The summed E-state index contributed by atoms with van der Waals surface area (Å²) >= 11 is 6.21. The number of amides is 1. The Morgan fingerprint density at radius 2 is 1.92 bits per heavy atom. The van der Waals surface area contributed by atoms with Gasteiger partial charge in [-0.3, -0.25) is 15.0 Å². The van der Waals surface area contributed by atoms with Crippen molar-refractivity contribution in [3.8, 4) is 22.6 Å². The quantitative estimate of drug-likeness (QED) is 0.400. The molecule has 0 radical (unpaired) electrons. The van der Waals surface area contributed by atoms with Crippen LogP contribution in [0.3, 0.4) is 0 Å². The number of aryl methyl sites for hydroxylation is 1. The fraction of sp³-hybridized carbons (Fsp3) is 0.160. The number of hydrogen-bond donors (Lipinski definition) is 1. The summed E-state index contributed by atoms with van der Waals surface area (Å²) in [5.41, 5.74) is 5.90. The Labute approximate surface area is 209 Å². The molecule has 5 aromatic rings. The van der Waals surface area contributed by atoms with Crippen LogP contribution < -0.4 is 20.5 Å². The zero-order valence-electron chi connectivity index (χ0n) is 19.1. The van der Waals surface area contributed by atoms with Crippen molar-refractivity contribution in [3.05, 3.63) is 81.4 Å². The highest BCUT2D eigenvalue weighted by molar-refractivity contribution is 6.30. The van der Waals surface area contributed by atoms with Gasteiger partial charge in [-0.25, -0.2) is 9.19 Å². The Morgan fingerprint density at radius 1 is 1.08 bits per heavy atom.